The van der Waals surface area contributed by atoms with Crippen LogP contribution in [-0.4, -0.2) is 5.91 Å². The van der Waals surface area contributed by atoms with Gasteiger partial charge in [-0.3, -0.25) is 4.79 Å². The van der Waals surface area contributed by atoms with E-state index in [0.717, 1.165) is 4.47 Å². The molecule has 0 fully saturated rings. The zero-order valence-electron chi connectivity index (χ0n) is 11.7. The van der Waals surface area contributed by atoms with Crippen molar-refractivity contribution in [1.29, 1.82) is 0 Å². The molecule has 0 unspecified atom stereocenters. The van der Waals surface area contributed by atoms with Crippen LogP contribution >= 0.6 is 15.9 Å². The molecule has 0 heterocycles. The molecule has 104 valence electrons. The lowest BCUT2D eigenvalue weighted by molar-refractivity contribution is 0.0950. The molecule has 0 spiro atoms. The van der Waals surface area contributed by atoms with E-state index in [1.165, 1.54) is 11.1 Å². The molecule has 0 saturated carbocycles. The number of hydrogen-bond acceptors (Lipinski definition) is 1. The van der Waals surface area contributed by atoms with Crippen LogP contribution in [0.1, 0.15) is 41.3 Å². The first-order chi connectivity index (χ1) is 9.59. The van der Waals surface area contributed by atoms with Gasteiger partial charge in [0.1, 0.15) is 0 Å². The third-order valence-corrected chi connectivity index (χ3v) is 3.93. The topological polar surface area (TPSA) is 29.1 Å². The number of nitrogens with one attached hydrogen (secondary N) is 1. The fraction of sp³-hybridized carbons (Fsp3) is 0.235. The molecule has 0 atom stereocenters. The highest BCUT2D eigenvalue weighted by molar-refractivity contribution is 9.10. The zero-order valence-corrected chi connectivity index (χ0v) is 13.3. The number of rotatable bonds is 4. The van der Waals surface area contributed by atoms with Gasteiger partial charge in [0.25, 0.3) is 5.91 Å². The van der Waals surface area contributed by atoms with Crippen LogP contribution in [0.25, 0.3) is 0 Å². The fourth-order valence-electron chi connectivity index (χ4n) is 2.17. The third-order valence-electron chi connectivity index (χ3n) is 3.23. The third kappa shape index (κ3) is 3.48. The second-order valence-corrected chi connectivity index (χ2v) is 5.87. The van der Waals surface area contributed by atoms with Crippen LogP contribution in [0, 0.1) is 0 Å². The highest BCUT2D eigenvalue weighted by Crippen LogP contribution is 2.20. The SMILES string of the molecule is CC(C)c1ccccc1CNC(=O)c1ccccc1Br. The van der Waals surface area contributed by atoms with Crippen molar-refractivity contribution in [2.75, 3.05) is 0 Å². The Hall–Kier alpha value is -1.61. The maximum Gasteiger partial charge on any atom is 0.252 e. The van der Waals surface area contributed by atoms with Gasteiger partial charge in [-0.25, -0.2) is 0 Å². The summed E-state index contributed by atoms with van der Waals surface area (Å²) in [5.74, 6) is 0.391. The summed E-state index contributed by atoms with van der Waals surface area (Å²) in [5.41, 5.74) is 3.11. The molecule has 2 aromatic rings. The van der Waals surface area contributed by atoms with Crippen molar-refractivity contribution >= 4 is 21.8 Å². The maximum absolute atomic E-state index is 12.2. The quantitative estimate of drug-likeness (QED) is 0.877. The van der Waals surface area contributed by atoms with Crippen LogP contribution in [0.5, 0.6) is 0 Å². The summed E-state index contributed by atoms with van der Waals surface area (Å²) in [6, 6.07) is 15.7. The molecular formula is C17H18BrNO. The smallest absolute Gasteiger partial charge is 0.252 e. The van der Waals surface area contributed by atoms with Crippen LogP contribution in [0.4, 0.5) is 0 Å². The number of benzene rings is 2. The lowest BCUT2D eigenvalue weighted by Crippen LogP contribution is -2.23. The van der Waals surface area contributed by atoms with Crippen LogP contribution in [0.15, 0.2) is 53.0 Å². The van der Waals surface area contributed by atoms with Crippen molar-refractivity contribution < 1.29 is 4.79 Å². The molecule has 2 nitrogen and oxygen atoms in total. The summed E-state index contributed by atoms with van der Waals surface area (Å²) < 4.78 is 0.814. The Morgan fingerprint density at radius 2 is 1.75 bits per heavy atom. The number of amides is 1. The monoisotopic (exact) mass is 331 g/mol. The summed E-state index contributed by atoms with van der Waals surface area (Å²) in [4.78, 5) is 12.2. The number of carbonyl (C=O) groups is 1. The Bertz CT molecular complexity index is 607. The molecule has 0 bridgehead atoms. The molecule has 3 heteroatoms. The van der Waals surface area contributed by atoms with E-state index in [1.807, 2.05) is 36.4 Å². The average Bonchev–Trinajstić information content (AvgIpc) is 2.45. The van der Waals surface area contributed by atoms with E-state index in [9.17, 15) is 4.79 Å². The van der Waals surface area contributed by atoms with Gasteiger partial charge in [-0.1, -0.05) is 50.2 Å². The van der Waals surface area contributed by atoms with Gasteiger partial charge < -0.3 is 5.32 Å². The van der Waals surface area contributed by atoms with Crippen LogP contribution in [-0.2, 0) is 6.54 Å². The van der Waals surface area contributed by atoms with Crippen molar-refractivity contribution in [2.45, 2.75) is 26.3 Å². The van der Waals surface area contributed by atoms with Gasteiger partial charge in [0.05, 0.1) is 5.56 Å². The van der Waals surface area contributed by atoms with Gasteiger partial charge in [0.15, 0.2) is 0 Å². The van der Waals surface area contributed by atoms with E-state index in [0.29, 0.717) is 18.0 Å². The lowest BCUT2D eigenvalue weighted by atomic mass is 9.97. The Morgan fingerprint density at radius 3 is 2.45 bits per heavy atom. The number of hydrogen-bond donors (Lipinski definition) is 1. The van der Waals surface area contributed by atoms with E-state index in [1.54, 1.807) is 0 Å². The lowest BCUT2D eigenvalue weighted by Gasteiger charge is -2.13. The number of carbonyl (C=O) groups excluding carboxylic acids is 1. The maximum atomic E-state index is 12.2. The predicted octanol–water partition coefficient (Wildman–Crippen LogP) is 4.50. The second kappa shape index (κ2) is 6.71. The molecule has 0 radical (unpaired) electrons. The van der Waals surface area contributed by atoms with Crippen molar-refractivity contribution in [2.24, 2.45) is 0 Å². The molecule has 0 aliphatic carbocycles. The summed E-state index contributed by atoms with van der Waals surface area (Å²) >= 11 is 3.40. The van der Waals surface area contributed by atoms with E-state index < -0.39 is 0 Å². The number of halogens is 1. The minimum atomic E-state index is -0.0592. The predicted molar refractivity (Wildman–Crippen MR) is 85.8 cm³/mol. The Balaban J connectivity index is 2.10. The van der Waals surface area contributed by atoms with Crippen molar-refractivity contribution in [3.05, 3.63) is 69.7 Å². The zero-order chi connectivity index (χ0) is 14.5. The summed E-state index contributed by atoms with van der Waals surface area (Å²) in [7, 11) is 0. The molecule has 0 aliphatic heterocycles. The Labute approximate surface area is 128 Å². The van der Waals surface area contributed by atoms with Crippen LogP contribution in [0.3, 0.4) is 0 Å². The standard InChI is InChI=1S/C17H18BrNO/c1-12(2)14-8-4-3-7-13(14)11-19-17(20)15-9-5-6-10-16(15)18/h3-10,12H,11H2,1-2H3,(H,19,20). The average molecular weight is 332 g/mol. The van der Waals surface area contributed by atoms with Crippen molar-refractivity contribution in [3.8, 4) is 0 Å². The minimum Gasteiger partial charge on any atom is -0.348 e. The molecule has 2 aromatic carbocycles. The van der Waals surface area contributed by atoms with E-state index in [2.05, 4.69) is 47.2 Å². The summed E-state index contributed by atoms with van der Waals surface area (Å²) in [6.45, 7) is 4.87. The van der Waals surface area contributed by atoms with Crippen LogP contribution in [0.2, 0.25) is 0 Å². The van der Waals surface area contributed by atoms with Gasteiger partial charge in [-0.2, -0.15) is 0 Å². The molecule has 1 amide bonds. The fourth-order valence-corrected chi connectivity index (χ4v) is 2.64. The summed E-state index contributed by atoms with van der Waals surface area (Å²) in [5, 5.41) is 2.98. The normalized spacial score (nSPS) is 10.6. The largest absolute Gasteiger partial charge is 0.348 e. The molecule has 1 N–H and O–H groups in total. The van der Waals surface area contributed by atoms with E-state index in [-0.39, 0.29) is 5.91 Å². The first kappa shape index (κ1) is 14.8. The van der Waals surface area contributed by atoms with Gasteiger partial charge >= 0.3 is 0 Å². The van der Waals surface area contributed by atoms with Gasteiger partial charge in [-0.15, -0.1) is 0 Å². The Morgan fingerprint density at radius 1 is 1.10 bits per heavy atom. The van der Waals surface area contributed by atoms with E-state index in [4.69, 9.17) is 0 Å². The molecule has 20 heavy (non-hydrogen) atoms. The van der Waals surface area contributed by atoms with Gasteiger partial charge in [0.2, 0.25) is 0 Å². The van der Waals surface area contributed by atoms with Gasteiger partial charge in [0, 0.05) is 11.0 Å². The molecule has 0 aromatic heterocycles. The second-order valence-electron chi connectivity index (χ2n) is 5.02. The van der Waals surface area contributed by atoms with Crippen molar-refractivity contribution in [1.82, 2.24) is 5.32 Å². The van der Waals surface area contributed by atoms with Crippen molar-refractivity contribution in [3.63, 3.8) is 0 Å². The summed E-state index contributed by atoms with van der Waals surface area (Å²) in [6.07, 6.45) is 0. The van der Waals surface area contributed by atoms with Gasteiger partial charge in [-0.05, 0) is 45.1 Å². The van der Waals surface area contributed by atoms with Crippen LogP contribution < -0.4 is 5.32 Å². The molecule has 2 rings (SSSR count). The minimum absolute atomic E-state index is 0.0592. The first-order valence-electron chi connectivity index (χ1n) is 6.70. The Kier molecular flexibility index (Phi) is 4.96. The molecular weight excluding hydrogens is 314 g/mol. The molecule has 0 saturated heterocycles. The first-order valence-corrected chi connectivity index (χ1v) is 7.49. The highest BCUT2D eigenvalue weighted by Gasteiger charge is 2.10. The van der Waals surface area contributed by atoms with E-state index >= 15 is 0 Å². The molecule has 0 aliphatic rings. The highest BCUT2D eigenvalue weighted by atomic mass is 79.9.